The van der Waals surface area contributed by atoms with Gasteiger partial charge in [-0.2, -0.15) is 0 Å². The van der Waals surface area contributed by atoms with Gasteiger partial charge in [-0.1, -0.05) is 0 Å². The van der Waals surface area contributed by atoms with E-state index in [9.17, 15) is 9.59 Å². The summed E-state index contributed by atoms with van der Waals surface area (Å²) in [4.78, 5) is 31.9. The second kappa shape index (κ2) is 5.21. The molecule has 1 aliphatic rings. The van der Waals surface area contributed by atoms with E-state index in [0.717, 1.165) is 0 Å². The molecule has 0 bridgehead atoms. The molecule has 1 aliphatic heterocycles. The second-order valence-corrected chi connectivity index (χ2v) is 4.60. The molecule has 0 aliphatic carbocycles. The van der Waals surface area contributed by atoms with Crippen LogP contribution in [0.5, 0.6) is 0 Å². The van der Waals surface area contributed by atoms with E-state index in [2.05, 4.69) is 9.97 Å². The molecule has 2 rings (SSSR count). The van der Waals surface area contributed by atoms with Crippen molar-refractivity contribution >= 4 is 17.9 Å². The van der Waals surface area contributed by atoms with E-state index in [1.165, 1.54) is 6.07 Å². The van der Waals surface area contributed by atoms with Gasteiger partial charge < -0.3 is 15.1 Å². The molecule has 0 aromatic carbocycles. The third-order valence-electron chi connectivity index (χ3n) is 3.19. The third kappa shape index (κ3) is 2.98. The summed E-state index contributed by atoms with van der Waals surface area (Å²) in [5, 5.41) is 17.9. The smallest absolute Gasteiger partial charge is 0.354 e. The highest BCUT2D eigenvalue weighted by atomic mass is 16.4. The van der Waals surface area contributed by atoms with Crippen molar-refractivity contribution in [3.05, 3.63) is 17.5 Å². The fourth-order valence-electron chi connectivity index (χ4n) is 2.13. The van der Waals surface area contributed by atoms with Gasteiger partial charge in [0.1, 0.15) is 0 Å². The highest BCUT2D eigenvalue weighted by molar-refractivity contribution is 5.85. The average Bonchev–Trinajstić information content (AvgIpc) is 2.38. The molecule has 0 saturated carbocycles. The van der Waals surface area contributed by atoms with Gasteiger partial charge in [0.15, 0.2) is 5.69 Å². The normalized spacial score (nSPS) is 16.4. The van der Waals surface area contributed by atoms with Crippen molar-refractivity contribution in [2.45, 2.75) is 19.8 Å². The Morgan fingerprint density at radius 1 is 1.26 bits per heavy atom. The molecule has 7 heteroatoms. The lowest BCUT2D eigenvalue weighted by Gasteiger charge is -2.30. The van der Waals surface area contributed by atoms with Gasteiger partial charge in [0.2, 0.25) is 5.95 Å². The van der Waals surface area contributed by atoms with Crippen molar-refractivity contribution in [1.29, 1.82) is 0 Å². The predicted molar refractivity (Wildman–Crippen MR) is 66.3 cm³/mol. The first-order chi connectivity index (χ1) is 8.97. The number of carboxylic acid groups (broad SMARTS) is 2. The zero-order valence-electron chi connectivity index (χ0n) is 10.5. The lowest BCUT2D eigenvalue weighted by Crippen LogP contribution is -2.37. The highest BCUT2D eigenvalue weighted by Gasteiger charge is 2.26. The zero-order chi connectivity index (χ0) is 14.0. The van der Waals surface area contributed by atoms with Crippen molar-refractivity contribution in [2.24, 2.45) is 5.92 Å². The topological polar surface area (TPSA) is 104 Å². The fraction of sp³-hybridized carbons (Fsp3) is 0.500. The van der Waals surface area contributed by atoms with Crippen LogP contribution in [0.2, 0.25) is 0 Å². The summed E-state index contributed by atoms with van der Waals surface area (Å²) in [7, 11) is 0. The first-order valence-electron chi connectivity index (χ1n) is 6.04. The first-order valence-corrected chi connectivity index (χ1v) is 6.04. The number of piperidine rings is 1. The number of carboxylic acids is 2. The van der Waals surface area contributed by atoms with Crippen LogP contribution in [0.25, 0.3) is 0 Å². The number of aliphatic carboxylic acids is 1. The largest absolute Gasteiger partial charge is 0.481 e. The van der Waals surface area contributed by atoms with Crippen molar-refractivity contribution in [2.75, 3.05) is 18.0 Å². The van der Waals surface area contributed by atoms with E-state index in [4.69, 9.17) is 10.2 Å². The number of carbonyl (C=O) groups is 2. The Morgan fingerprint density at radius 3 is 2.42 bits per heavy atom. The monoisotopic (exact) mass is 265 g/mol. The molecule has 1 saturated heterocycles. The molecule has 0 atom stereocenters. The van der Waals surface area contributed by atoms with Gasteiger partial charge >= 0.3 is 11.9 Å². The number of nitrogens with zero attached hydrogens (tertiary/aromatic N) is 3. The molecule has 7 nitrogen and oxygen atoms in total. The molecule has 0 spiro atoms. The van der Waals surface area contributed by atoms with Gasteiger partial charge in [-0.25, -0.2) is 14.8 Å². The van der Waals surface area contributed by atoms with E-state index in [1.54, 1.807) is 6.92 Å². The van der Waals surface area contributed by atoms with Crippen molar-refractivity contribution in [1.82, 2.24) is 9.97 Å². The van der Waals surface area contributed by atoms with Crippen LogP contribution in [-0.2, 0) is 4.79 Å². The molecule has 0 radical (unpaired) electrons. The number of aromatic nitrogens is 2. The molecular formula is C12H15N3O4. The second-order valence-electron chi connectivity index (χ2n) is 4.60. The summed E-state index contributed by atoms with van der Waals surface area (Å²) in [5.41, 5.74) is 0.547. The van der Waals surface area contributed by atoms with Crippen molar-refractivity contribution in [3.63, 3.8) is 0 Å². The minimum Gasteiger partial charge on any atom is -0.481 e. The Labute approximate surface area is 109 Å². The maximum Gasteiger partial charge on any atom is 0.354 e. The van der Waals surface area contributed by atoms with Crippen LogP contribution in [0.4, 0.5) is 5.95 Å². The maximum absolute atomic E-state index is 10.9. The number of hydrogen-bond acceptors (Lipinski definition) is 5. The lowest BCUT2D eigenvalue weighted by atomic mass is 9.97. The van der Waals surface area contributed by atoms with E-state index >= 15 is 0 Å². The van der Waals surface area contributed by atoms with Gasteiger partial charge in [-0.05, 0) is 25.8 Å². The molecule has 1 aromatic rings. The molecule has 2 heterocycles. The zero-order valence-corrected chi connectivity index (χ0v) is 10.5. The van der Waals surface area contributed by atoms with Crippen LogP contribution in [-0.4, -0.2) is 45.2 Å². The Morgan fingerprint density at radius 2 is 1.89 bits per heavy atom. The molecule has 0 unspecified atom stereocenters. The molecule has 102 valence electrons. The number of aromatic carboxylic acids is 1. The lowest BCUT2D eigenvalue weighted by molar-refractivity contribution is -0.142. The van der Waals surface area contributed by atoms with Crippen LogP contribution in [0.15, 0.2) is 6.07 Å². The summed E-state index contributed by atoms with van der Waals surface area (Å²) in [6, 6.07) is 1.41. The fourth-order valence-corrected chi connectivity index (χ4v) is 2.13. The van der Waals surface area contributed by atoms with Gasteiger partial charge in [-0.15, -0.1) is 0 Å². The number of hydrogen-bond donors (Lipinski definition) is 2. The van der Waals surface area contributed by atoms with Gasteiger partial charge in [-0.3, -0.25) is 4.79 Å². The molecule has 0 amide bonds. The van der Waals surface area contributed by atoms with Crippen LogP contribution in [0, 0.1) is 12.8 Å². The first kappa shape index (κ1) is 13.3. The molecule has 19 heavy (non-hydrogen) atoms. The summed E-state index contributed by atoms with van der Waals surface area (Å²) in [6.07, 6.45) is 1.05. The van der Waals surface area contributed by atoms with E-state index < -0.39 is 11.9 Å². The Kier molecular flexibility index (Phi) is 3.64. The number of anilines is 1. The molecule has 1 aromatic heterocycles. The summed E-state index contributed by atoms with van der Waals surface area (Å²) >= 11 is 0. The standard InChI is InChI=1S/C12H15N3O4/c1-7-6-9(11(18)19)14-12(13-7)15-4-2-8(3-5-15)10(16)17/h6,8H,2-5H2,1H3,(H,16,17)(H,18,19). The van der Waals surface area contributed by atoms with Crippen LogP contribution < -0.4 is 4.90 Å². The SMILES string of the molecule is Cc1cc(C(=O)O)nc(N2CCC(C(=O)O)CC2)n1. The summed E-state index contributed by atoms with van der Waals surface area (Å²) in [5.74, 6) is -1.84. The van der Waals surface area contributed by atoms with Crippen molar-refractivity contribution in [3.8, 4) is 0 Å². The Bertz CT molecular complexity index is 510. The summed E-state index contributed by atoms with van der Waals surface area (Å²) < 4.78 is 0. The van der Waals surface area contributed by atoms with E-state index in [1.807, 2.05) is 4.90 Å². The minimum absolute atomic E-state index is 0.0390. The van der Waals surface area contributed by atoms with Crippen LogP contribution in [0.1, 0.15) is 29.0 Å². The maximum atomic E-state index is 10.9. The quantitative estimate of drug-likeness (QED) is 0.832. The highest BCUT2D eigenvalue weighted by Crippen LogP contribution is 2.21. The molecule has 2 N–H and O–H groups in total. The third-order valence-corrected chi connectivity index (χ3v) is 3.19. The van der Waals surface area contributed by atoms with Crippen LogP contribution >= 0.6 is 0 Å². The van der Waals surface area contributed by atoms with Gasteiger partial charge in [0, 0.05) is 18.8 Å². The predicted octanol–water partition coefficient (Wildman–Crippen LogP) is 0.784. The minimum atomic E-state index is -1.09. The Hall–Kier alpha value is -2.18. The number of aryl methyl sites for hydroxylation is 1. The van der Waals surface area contributed by atoms with Crippen molar-refractivity contribution < 1.29 is 19.8 Å². The Balaban J connectivity index is 2.15. The molecular weight excluding hydrogens is 250 g/mol. The van der Waals surface area contributed by atoms with Crippen LogP contribution in [0.3, 0.4) is 0 Å². The van der Waals surface area contributed by atoms with E-state index in [0.29, 0.717) is 37.6 Å². The summed E-state index contributed by atoms with van der Waals surface area (Å²) in [6.45, 7) is 2.76. The van der Waals surface area contributed by atoms with E-state index in [-0.39, 0.29) is 11.6 Å². The number of rotatable bonds is 3. The van der Waals surface area contributed by atoms with Gasteiger partial charge in [0.25, 0.3) is 0 Å². The van der Waals surface area contributed by atoms with Gasteiger partial charge in [0.05, 0.1) is 5.92 Å². The molecule has 1 fully saturated rings. The average molecular weight is 265 g/mol.